The normalized spacial score (nSPS) is 14.4. The number of nitrogens with two attached hydrogens (primary N) is 4. The first kappa shape index (κ1) is 67.8. The SMILES string of the molecule is CC(C)CC(NC(=O)C(CO)NC(=O)C(Cc1ccccc1)NC(=O)C(CC(N)=O)NC(=O)C(CCCN=C(N)N)NC(=O)C(CC(C)C)NC(=O)C(Cc1ccccc1)NC(=O)C(NC(=O)C(N)Cc1ccccc1)C(C)C)C(=O)O. The number of nitrogens with one attached hydrogen (secondary N) is 8. The number of benzene rings is 3. The lowest BCUT2D eigenvalue weighted by Crippen LogP contribution is -2.61. The lowest BCUT2D eigenvalue weighted by molar-refractivity contribution is -0.143. The number of carbonyl (C=O) groups excluding carboxylic acids is 9. The van der Waals surface area contributed by atoms with E-state index in [0.717, 1.165) is 5.56 Å². The number of hydrogen-bond acceptors (Lipinski definition) is 13. The summed E-state index contributed by atoms with van der Waals surface area (Å²) < 4.78 is 0. The third-order valence-corrected chi connectivity index (χ3v) is 12.8. The molecule has 9 amide bonds. The van der Waals surface area contributed by atoms with Crippen molar-refractivity contribution >= 4 is 65.1 Å². The predicted molar refractivity (Wildman–Crippen MR) is 306 cm³/mol. The van der Waals surface area contributed by atoms with Gasteiger partial charge in [0.15, 0.2) is 5.96 Å². The molecule has 0 radical (unpaired) electrons. The van der Waals surface area contributed by atoms with E-state index in [-0.39, 0.29) is 69.3 Å². The number of carbonyl (C=O) groups is 10. The van der Waals surface area contributed by atoms with Crippen molar-refractivity contribution in [3.8, 4) is 0 Å². The van der Waals surface area contributed by atoms with Crippen LogP contribution in [0.3, 0.4) is 0 Å². The molecule has 3 aromatic carbocycles. The summed E-state index contributed by atoms with van der Waals surface area (Å²) in [5, 5.41) is 40.4. The Labute approximate surface area is 478 Å². The zero-order chi connectivity index (χ0) is 61.1. The van der Waals surface area contributed by atoms with Crippen molar-refractivity contribution in [2.45, 2.75) is 147 Å². The molecule has 0 saturated heterocycles. The van der Waals surface area contributed by atoms with Crippen LogP contribution < -0.4 is 65.5 Å². The molecule has 3 rings (SSSR count). The average molecular weight is 1140 g/mol. The number of guanidine groups is 1. The summed E-state index contributed by atoms with van der Waals surface area (Å²) in [6.07, 6.45) is -0.925. The Kier molecular flexibility index (Phi) is 28.7. The van der Waals surface area contributed by atoms with Gasteiger partial charge in [-0.25, -0.2) is 4.79 Å². The number of aliphatic imine (C=N–C) groups is 1. The minimum atomic E-state index is -1.79. The molecule has 0 heterocycles. The van der Waals surface area contributed by atoms with Gasteiger partial charge in [0, 0.05) is 19.4 Å². The van der Waals surface area contributed by atoms with Crippen molar-refractivity contribution in [2.24, 2.45) is 45.7 Å². The van der Waals surface area contributed by atoms with E-state index in [4.69, 9.17) is 22.9 Å². The number of primary amides is 1. The van der Waals surface area contributed by atoms with E-state index in [0.29, 0.717) is 11.1 Å². The van der Waals surface area contributed by atoms with Crippen molar-refractivity contribution in [1.82, 2.24) is 42.5 Å². The van der Waals surface area contributed by atoms with Crippen LogP contribution in [0.25, 0.3) is 0 Å². The van der Waals surface area contributed by atoms with Gasteiger partial charge in [-0.15, -0.1) is 0 Å². The van der Waals surface area contributed by atoms with Crippen LogP contribution in [0.4, 0.5) is 0 Å². The van der Waals surface area contributed by atoms with E-state index >= 15 is 0 Å². The maximum atomic E-state index is 14.5. The molecule has 9 atom stereocenters. The highest BCUT2D eigenvalue weighted by atomic mass is 16.4. The fraction of sp³-hybridized carbons (Fsp3) is 0.491. The standard InChI is InChI=1S/C57H83N13O12/c1-32(2)25-40(64-51(76)42(29-37-21-14-9-15-22-37)67-55(80)47(34(5)6)70-48(73)38(58)27-35-17-10-7-11-18-35)50(75)63-39(23-16-24-62-57(60)61)49(74)66-43(30-46(59)72)53(78)65-41(28-36-19-12-8-13-20-36)52(77)69-45(31-71)54(79)68-44(56(81)82)26-33(3)4/h7-15,17-22,32-34,38-45,47,71H,16,23-31,58H2,1-6H3,(H2,59,72)(H,63,75)(H,64,76)(H,65,78)(H,66,74)(H,67,80)(H,68,79)(H,69,77)(H,70,73)(H,81,82)(H4,60,61,62). The minimum Gasteiger partial charge on any atom is -0.480 e. The molecule has 82 heavy (non-hydrogen) atoms. The quantitative estimate of drug-likeness (QED) is 0.0184. The van der Waals surface area contributed by atoms with Gasteiger partial charge in [0.1, 0.15) is 48.3 Å². The fourth-order valence-electron chi connectivity index (χ4n) is 8.54. The van der Waals surface area contributed by atoms with Gasteiger partial charge >= 0.3 is 5.97 Å². The second kappa shape index (κ2) is 34.6. The van der Waals surface area contributed by atoms with E-state index in [1.54, 1.807) is 102 Å². The Morgan fingerprint density at radius 3 is 1.29 bits per heavy atom. The van der Waals surface area contributed by atoms with Gasteiger partial charge in [-0.3, -0.25) is 48.1 Å². The molecular formula is C57H83N13O12. The van der Waals surface area contributed by atoms with E-state index < -0.39 is 132 Å². The maximum absolute atomic E-state index is 14.5. The van der Waals surface area contributed by atoms with Gasteiger partial charge in [0.25, 0.3) is 0 Å². The molecule has 0 aliphatic heterocycles. The molecule has 25 nitrogen and oxygen atoms in total. The average Bonchev–Trinajstić information content (AvgIpc) is 3.46. The van der Waals surface area contributed by atoms with Crippen molar-refractivity contribution in [3.63, 3.8) is 0 Å². The number of rotatable bonds is 35. The molecule has 0 bridgehead atoms. The number of nitrogens with zero attached hydrogens (tertiary/aromatic N) is 1. The van der Waals surface area contributed by atoms with Gasteiger partial charge in [-0.1, -0.05) is 133 Å². The number of aliphatic hydroxyl groups is 1. The summed E-state index contributed by atoms with van der Waals surface area (Å²) >= 11 is 0. The topological polar surface area (TPSA) is 424 Å². The largest absolute Gasteiger partial charge is 0.480 e. The van der Waals surface area contributed by atoms with Crippen LogP contribution in [0.5, 0.6) is 0 Å². The number of carboxylic acid groups (broad SMARTS) is 1. The smallest absolute Gasteiger partial charge is 0.326 e. The highest BCUT2D eigenvalue weighted by molar-refractivity contribution is 5.99. The van der Waals surface area contributed by atoms with Crippen LogP contribution in [0.1, 0.15) is 90.3 Å². The van der Waals surface area contributed by atoms with Crippen LogP contribution in [0, 0.1) is 17.8 Å². The lowest BCUT2D eigenvalue weighted by Gasteiger charge is -2.29. The van der Waals surface area contributed by atoms with E-state index in [1.165, 1.54) is 0 Å². The number of hydrogen-bond donors (Lipinski definition) is 14. The van der Waals surface area contributed by atoms with E-state index in [2.05, 4.69) is 47.5 Å². The number of aliphatic carboxylic acids is 1. The van der Waals surface area contributed by atoms with Crippen molar-refractivity contribution in [3.05, 3.63) is 108 Å². The molecule has 25 heteroatoms. The molecule has 0 aromatic heterocycles. The maximum Gasteiger partial charge on any atom is 0.326 e. The minimum absolute atomic E-state index is 0.0182. The number of carboxylic acids is 1. The van der Waals surface area contributed by atoms with E-state index in [1.807, 2.05) is 30.3 Å². The summed E-state index contributed by atoms with van der Waals surface area (Å²) in [5.41, 5.74) is 24.9. The van der Waals surface area contributed by atoms with Crippen LogP contribution in [-0.4, -0.2) is 143 Å². The Balaban J connectivity index is 1.94. The molecule has 0 fully saturated rings. The first-order chi connectivity index (χ1) is 38.8. The molecule has 0 spiro atoms. The van der Waals surface area contributed by atoms with Gasteiger partial charge in [-0.2, -0.15) is 0 Å². The summed E-state index contributed by atoms with van der Waals surface area (Å²) in [6.45, 7) is 9.49. The van der Waals surface area contributed by atoms with Gasteiger partial charge < -0.3 is 75.7 Å². The Morgan fingerprint density at radius 1 is 0.463 bits per heavy atom. The second-order valence-electron chi connectivity index (χ2n) is 21.2. The third kappa shape index (κ3) is 24.5. The van der Waals surface area contributed by atoms with Gasteiger partial charge in [-0.05, 0) is 66.5 Å². The molecule has 0 saturated carbocycles. The van der Waals surface area contributed by atoms with Crippen molar-refractivity contribution < 1.29 is 58.2 Å². The zero-order valence-corrected chi connectivity index (χ0v) is 47.4. The Morgan fingerprint density at radius 2 is 0.841 bits per heavy atom. The highest BCUT2D eigenvalue weighted by Crippen LogP contribution is 2.13. The van der Waals surface area contributed by atoms with E-state index in [9.17, 15) is 58.2 Å². The summed E-state index contributed by atoms with van der Waals surface area (Å²) in [6, 6.07) is 13.5. The Bertz CT molecular complexity index is 2620. The summed E-state index contributed by atoms with van der Waals surface area (Å²) in [4.78, 5) is 141. The number of amides is 9. The molecule has 18 N–H and O–H groups in total. The fourth-order valence-corrected chi connectivity index (χ4v) is 8.54. The Hall–Kier alpha value is -8.45. The van der Waals surface area contributed by atoms with Crippen molar-refractivity contribution in [1.29, 1.82) is 0 Å². The predicted octanol–water partition coefficient (Wildman–Crippen LogP) is -1.33. The first-order valence-electron chi connectivity index (χ1n) is 27.3. The molecular weight excluding hydrogens is 1060 g/mol. The molecule has 9 unspecified atom stereocenters. The van der Waals surface area contributed by atoms with Gasteiger partial charge in [0.2, 0.25) is 53.2 Å². The summed E-state index contributed by atoms with van der Waals surface area (Å²) in [5.74, 6) is -10.6. The first-order valence-corrected chi connectivity index (χ1v) is 27.3. The van der Waals surface area contributed by atoms with Crippen LogP contribution >= 0.6 is 0 Å². The zero-order valence-electron chi connectivity index (χ0n) is 47.4. The van der Waals surface area contributed by atoms with Crippen LogP contribution in [0.15, 0.2) is 96.0 Å². The molecule has 0 aliphatic rings. The molecule has 0 aliphatic carbocycles. The highest BCUT2D eigenvalue weighted by Gasteiger charge is 2.36. The third-order valence-electron chi connectivity index (χ3n) is 12.8. The van der Waals surface area contributed by atoms with Gasteiger partial charge in [0.05, 0.1) is 19.1 Å². The monoisotopic (exact) mass is 1140 g/mol. The number of aliphatic hydroxyl groups excluding tert-OH is 1. The molecule has 3 aromatic rings. The van der Waals surface area contributed by atoms with Crippen LogP contribution in [0.2, 0.25) is 0 Å². The summed E-state index contributed by atoms with van der Waals surface area (Å²) in [7, 11) is 0. The second-order valence-corrected chi connectivity index (χ2v) is 21.2. The molecule has 448 valence electrons. The lowest BCUT2D eigenvalue weighted by atomic mass is 9.98. The van der Waals surface area contributed by atoms with Crippen LogP contribution in [-0.2, 0) is 67.2 Å². The van der Waals surface area contributed by atoms with Crippen molar-refractivity contribution in [2.75, 3.05) is 13.2 Å².